The standard InChI is InChI=1S/C22H16ClN3O2S/c23-15-7-5-14(6-8-15)12-29-22-25-18-4-2-1-3-17(18)21(26-22)24-16-9-10-19-20(11-16)28-13-27-19/h1-11H,12-13H2,(H,24,25,26). The molecular formula is C22H16ClN3O2S. The summed E-state index contributed by atoms with van der Waals surface area (Å²) in [6.45, 7) is 0.251. The Bertz CT molecular complexity index is 1180. The van der Waals surface area contributed by atoms with Crippen molar-refractivity contribution in [3.05, 3.63) is 77.3 Å². The van der Waals surface area contributed by atoms with Crippen LogP contribution in [0.1, 0.15) is 5.56 Å². The van der Waals surface area contributed by atoms with E-state index in [4.69, 9.17) is 31.0 Å². The van der Waals surface area contributed by atoms with Gasteiger partial charge in [-0.15, -0.1) is 0 Å². The molecule has 1 N–H and O–H groups in total. The summed E-state index contributed by atoms with van der Waals surface area (Å²) in [5.41, 5.74) is 2.94. The number of thioether (sulfide) groups is 1. The summed E-state index contributed by atoms with van der Waals surface area (Å²) in [7, 11) is 0. The van der Waals surface area contributed by atoms with Gasteiger partial charge in [-0.3, -0.25) is 0 Å². The van der Waals surface area contributed by atoms with Gasteiger partial charge in [0, 0.05) is 27.9 Å². The fourth-order valence-corrected chi connectivity index (χ4v) is 3.99. The lowest BCUT2D eigenvalue weighted by Crippen LogP contribution is -1.99. The number of halogens is 1. The minimum atomic E-state index is 0.251. The highest BCUT2D eigenvalue weighted by molar-refractivity contribution is 7.98. The molecule has 7 heteroatoms. The van der Waals surface area contributed by atoms with Gasteiger partial charge in [0.1, 0.15) is 5.82 Å². The van der Waals surface area contributed by atoms with Crippen molar-refractivity contribution in [2.75, 3.05) is 12.1 Å². The van der Waals surface area contributed by atoms with Crippen LogP contribution in [0.15, 0.2) is 71.9 Å². The molecule has 0 atom stereocenters. The SMILES string of the molecule is Clc1ccc(CSc2nc(Nc3ccc4c(c3)OCO4)c3ccccc3n2)cc1. The minimum absolute atomic E-state index is 0.251. The lowest BCUT2D eigenvalue weighted by molar-refractivity contribution is 0.174. The number of hydrogen-bond acceptors (Lipinski definition) is 6. The van der Waals surface area contributed by atoms with E-state index in [1.165, 1.54) is 5.56 Å². The average molecular weight is 422 g/mol. The number of nitrogens with one attached hydrogen (secondary N) is 1. The number of benzene rings is 3. The third kappa shape index (κ3) is 3.95. The Hall–Kier alpha value is -2.96. The Labute approximate surface area is 177 Å². The number of ether oxygens (including phenoxy) is 2. The number of para-hydroxylation sites is 1. The van der Waals surface area contributed by atoms with Gasteiger partial charge in [0.15, 0.2) is 16.7 Å². The zero-order chi connectivity index (χ0) is 19.6. The molecule has 0 bridgehead atoms. The van der Waals surface area contributed by atoms with E-state index in [1.54, 1.807) is 11.8 Å². The highest BCUT2D eigenvalue weighted by atomic mass is 35.5. The van der Waals surface area contributed by atoms with Crippen LogP contribution in [0.2, 0.25) is 5.02 Å². The van der Waals surface area contributed by atoms with E-state index in [2.05, 4.69) is 5.32 Å². The van der Waals surface area contributed by atoms with Gasteiger partial charge in [-0.1, -0.05) is 47.6 Å². The number of anilines is 2. The van der Waals surface area contributed by atoms with Crippen molar-refractivity contribution in [3.63, 3.8) is 0 Å². The van der Waals surface area contributed by atoms with Crippen molar-refractivity contribution < 1.29 is 9.47 Å². The molecule has 4 aromatic rings. The molecule has 0 aliphatic carbocycles. The summed E-state index contributed by atoms with van der Waals surface area (Å²) in [5.74, 6) is 3.00. The molecule has 0 spiro atoms. The van der Waals surface area contributed by atoms with Crippen molar-refractivity contribution in [2.24, 2.45) is 0 Å². The molecular weight excluding hydrogens is 406 g/mol. The van der Waals surface area contributed by atoms with Crippen LogP contribution in [0, 0.1) is 0 Å². The topological polar surface area (TPSA) is 56.3 Å². The maximum absolute atomic E-state index is 5.97. The van der Waals surface area contributed by atoms with Crippen LogP contribution < -0.4 is 14.8 Å². The molecule has 0 fully saturated rings. The van der Waals surface area contributed by atoms with E-state index in [0.717, 1.165) is 44.7 Å². The van der Waals surface area contributed by atoms with Gasteiger partial charge in [0.05, 0.1) is 5.52 Å². The summed E-state index contributed by atoms with van der Waals surface area (Å²) in [6, 6.07) is 21.5. The molecule has 144 valence electrons. The minimum Gasteiger partial charge on any atom is -0.454 e. The van der Waals surface area contributed by atoms with Gasteiger partial charge in [0.25, 0.3) is 0 Å². The van der Waals surface area contributed by atoms with Crippen LogP contribution in [0.3, 0.4) is 0 Å². The molecule has 0 saturated heterocycles. The van der Waals surface area contributed by atoms with Gasteiger partial charge in [0.2, 0.25) is 6.79 Å². The highest BCUT2D eigenvalue weighted by Gasteiger charge is 2.15. The normalized spacial score (nSPS) is 12.3. The van der Waals surface area contributed by atoms with Gasteiger partial charge >= 0.3 is 0 Å². The largest absolute Gasteiger partial charge is 0.454 e. The molecule has 0 saturated carbocycles. The first-order valence-electron chi connectivity index (χ1n) is 9.05. The maximum Gasteiger partial charge on any atom is 0.231 e. The van der Waals surface area contributed by atoms with Crippen LogP contribution in [0.25, 0.3) is 10.9 Å². The number of nitrogens with zero attached hydrogens (tertiary/aromatic N) is 2. The Morgan fingerprint density at radius 2 is 1.76 bits per heavy atom. The van der Waals surface area contributed by atoms with Crippen molar-refractivity contribution in [1.82, 2.24) is 9.97 Å². The highest BCUT2D eigenvalue weighted by Crippen LogP contribution is 2.36. The zero-order valence-corrected chi connectivity index (χ0v) is 16.8. The zero-order valence-electron chi connectivity index (χ0n) is 15.3. The lowest BCUT2D eigenvalue weighted by Gasteiger charge is -2.11. The van der Waals surface area contributed by atoms with Crippen LogP contribution in [-0.4, -0.2) is 16.8 Å². The first kappa shape index (κ1) is 18.1. The molecule has 29 heavy (non-hydrogen) atoms. The van der Waals surface area contributed by atoms with Crippen molar-refractivity contribution in [3.8, 4) is 11.5 Å². The average Bonchev–Trinajstić information content (AvgIpc) is 3.21. The van der Waals surface area contributed by atoms with Crippen molar-refractivity contribution >= 4 is 45.8 Å². The third-order valence-corrected chi connectivity index (χ3v) is 5.67. The molecule has 1 aliphatic rings. The van der Waals surface area contributed by atoms with Crippen LogP contribution in [-0.2, 0) is 5.75 Å². The molecule has 3 aromatic carbocycles. The van der Waals surface area contributed by atoms with E-state index in [9.17, 15) is 0 Å². The molecule has 0 unspecified atom stereocenters. The second kappa shape index (κ2) is 7.81. The van der Waals surface area contributed by atoms with E-state index < -0.39 is 0 Å². The predicted molar refractivity (Wildman–Crippen MR) is 116 cm³/mol. The van der Waals surface area contributed by atoms with Crippen LogP contribution >= 0.6 is 23.4 Å². The molecule has 2 heterocycles. The fraction of sp³-hybridized carbons (Fsp3) is 0.0909. The second-order valence-electron chi connectivity index (χ2n) is 6.48. The Morgan fingerprint density at radius 1 is 0.931 bits per heavy atom. The first-order chi connectivity index (χ1) is 14.2. The summed E-state index contributed by atoms with van der Waals surface area (Å²) in [6.07, 6.45) is 0. The summed E-state index contributed by atoms with van der Waals surface area (Å²) >= 11 is 7.56. The number of aromatic nitrogens is 2. The van der Waals surface area contributed by atoms with Gasteiger partial charge < -0.3 is 14.8 Å². The molecule has 1 aromatic heterocycles. The second-order valence-corrected chi connectivity index (χ2v) is 7.86. The van der Waals surface area contributed by atoms with Crippen LogP contribution in [0.4, 0.5) is 11.5 Å². The Morgan fingerprint density at radius 3 is 2.66 bits per heavy atom. The number of fused-ring (bicyclic) bond motifs is 2. The number of rotatable bonds is 5. The smallest absolute Gasteiger partial charge is 0.231 e. The van der Waals surface area contributed by atoms with Crippen molar-refractivity contribution in [1.29, 1.82) is 0 Å². The van der Waals surface area contributed by atoms with E-state index in [-0.39, 0.29) is 6.79 Å². The summed E-state index contributed by atoms with van der Waals surface area (Å²) < 4.78 is 10.9. The van der Waals surface area contributed by atoms with E-state index >= 15 is 0 Å². The van der Waals surface area contributed by atoms with E-state index in [0.29, 0.717) is 5.16 Å². The summed E-state index contributed by atoms with van der Waals surface area (Å²) in [4.78, 5) is 9.47. The molecule has 0 amide bonds. The van der Waals surface area contributed by atoms with Crippen molar-refractivity contribution in [2.45, 2.75) is 10.9 Å². The fourth-order valence-electron chi connectivity index (χ4n) is 3.05. The predicted octanol–water partition coefficient (Wildman–Crippen LogP) is 6.05. The molecule has 1 aliphatic heterocycles. The van der Waals surface area contributed by atoms with Crippen LogP contribution in [0.5, 0.6) is 11.5 Å². The molecule has 5 nitrogen and oxygen atoms in total. The monoisotopic (exact) mass is 421 g/mol. The van der Waals surface area contributed by atoms with Gasteiger partial charge in [-0.2, -0.15) is 0 Å². The Balaban J connectivity index is 1.44. The number of hydrogen-bond donors (Lipinski definition) is 1. The Kier molecular flexibility index (Phi) is 4.87. The van der Waals surface area contributed by atoms with E-state index in [1.807, 2.05) is 66.7 Å². The molecule has 0 radical (unpaired) electrons. The lowest BCUT2D eigenvalue weighted by atomic mass is 10.2. The maximum atomic E-state index is 5.97. The first-order valence-corrected chi connectivity index (χ1v) is 10.4. The molecule has 5 rings (SSSR count). The summed E-state index contributed by atoms with van der Waals surface area (Å²) in [5, 5.41) is 5.81. The van der Waals surface area contributed by atoms with Gasteiger partial charge in [-0.25, -0.2) is 9.97 Å². The quantitative estimate of drug-likeness (QED) is 0.313. The van der Waals surface area contributed by atoms with Gasteiger partial charge in [-0.05, 0) is 42.0 Å². The third-order valence-electron chi connectivity index (χ3n) is 4.50.